The standard InChI is InChI=1S/C15H24N2/c1-4-12-8-9-15(10(12)2)17-14-7-5-6-13(16)11(14)3/h5-7,10,12,15,17H,4,8-9,16H2,1-3H3. The van der Waals surface area contributed by atoms with Crippen LogP contribution in [-0.2, 0) is 0 Å². The van der Waals surface area contributed by atoms with E-state index in [4.69, 9.17) is 5.73 Å². The molecule has 1 aromatic carbocycles. The minimum atomic E-state index is 0.612. The van der Waals surface area contributed by atoms with Gasteiger partial charge >= 0.3 is 0 Å². The molecule has 2 nitrogen and oxygen atoms in total. The van der Waals surface area contributed by atoms with Gasteiger partial charge in [0.2, 0.25) is 0 Å². The molecule has 94 valence electrons. The molecule has 0 spiro atoms. The van der Waals surface area contributed by atoms with Gasteiger partial charge in [-0.15, -0.1) is 0 Å². The topological polar surface area (TPSA) is 38.0 Å². The van der Waals surface area contributed by atoms with Crippen LogP contribution in [-0.4, -0.2) is 6.04 Å². The van der Waals surface area contributed by atoms with Crippen molar-refractivity contribution in [3.05, 3.63) is 23.8 Å². The van der Waals surface area contributed by atoms with Crippen LogP contribution in [0.25, 0.3) is 0 Å². The highest BCUT2D eigenvalue weighted by atomic mass is 14.9. The lowest BCUT2D eigenvalue weighted by atomic mass is 9.93. The summed E-state index contributed by atoms with van der Waals surface area (Å²) in [5.41, 5.74) is 9.21. The lowest BCUT2D eigenvalue weighted by Crippen LogP contribution is -2.25. The van der Waals surface area contributed by atoms with Gasteiger partial charge in [-0.05, 0) is 49.3 Å². The van der Waals surface area contributed by atoms with Gasteiger partial charge < -0.3 is 11.1 Å². The van der Waals surface area contributed by atoms with Crippen molar-refractivity contribution >= 4 is 11.4 Å². The van der Waals surface area contributed by atoms with Gasteiger partial charge in [-0.3, -0.25) is 0 Å². The van der Waals surface area contributed by atoms with Crippen molar-refractivity contribution in [2.75, 3.05) is 11.1 Å². The normalized spacial score (nSPS) is 28.3. The van der Waals surface area contributed by atoms with Crippen molar-refractivity contribution < 1.29 is 0 Å². The number of rotatable bonds is 3. The van der Waals surface area contributed by atoms with Gasteiger partial charge in [0, 0.05) is 17.4 Å². The predicted octanol–water partition coefficient (Wildman–Crippen LogP) is 3.81. The molecule has 0 amide bonds. The smallest absolute Gasteiger partial charge is 0.0392 e. The van der Waals surface area contributed by atoms with Gasteiger partial charge in [0.05, 0.1) is 0 Å². The van der Waals surface area contributed by atoms with Gasteiger partial charge in [0.15, 0.2) is 0 Å². The quantitative estimate of drug-likeness (QED) is 0.778. The zero-order valence-electron chi connectivity index (χ0n) is 11.2. The van der Waals surface area contributed by atoms with E-state index >= 15 is 0 Å². The minimum absolute atomic E-state index is 0.612. The number of hydrogen-bond acceptors (Lipinski definition) is 2. The first-order chi connectivity index (χ1) is 8.13. The molecule has 0 saturated heterocycles. The summed E-state index contributed by atoms with van der Waals surface area (Å²) in [5.74, 6) is 1.65. The van der Waals surface area contributed by atoms with Crippen molar-refractivity contribution in [3.63, 3.8) is 0 Å². The Hall–Kier alpha value is -1.18. The first kappa shape index (κ1) is 12.3. The summed E-state index contributed by atoms with van der Waals surface area (Å²) < 4.78 is 0. The van der Waals surface area contributed by atoms with E-state index in [0.717, 1.165) is 17.5 Å². The highest BCUT2D eigenvalue weighted by Gasteiger charge is 2.31. The number of nitrogens with one attached hydrogen (secondary N) is 1. The Morgan fingerprint density at radius 1 is 1.35 bits per heavy atom. The number of nitrogen functional groups attached to an aromatic ring is 1. The molecule has 0 aliphatic heterocycles. The summed E-state index contributed by atoms with van der Waals surface area (Å²) in [7, 11) is 0. The van der Waals surface area contributed by atoms with Crippen molar-refractivity contribution in [1.82, 2.24) is 0 Å². The van der Waals surface area contributed by atoms with Gasteiger partial charge in [0.25, 0.3) is 0 Å². The van der Waals surface area contributed by atoms with Gasteiger partial charge in [0.1, 0.15) is 0 Å². The Kier molecular flexibility index (Phi) is 3.60. The Bertz CT molecular complexity index is 387. The second kappa shape index (κ2) is 4.99. The Morgan fingerprint density at radius 2 is 2.12 bits per heavy atom. The van der Waals surface area contributed by atoms with Crippen LogP contribution in [0.2, 0.25) is 0 Å². The largest absolute Gasteiger partial charge is 0.398 e. The monoisotopic (exact) mass is 232 g/mol. The van der Waals surface area contributed by atoms with E-state index in [-0.39, 0.29) is 0 Å². The molecule has 3 atom stereocenters. The average molecular weight is 232 g/mol. The first-order valence-electron chi connectivity index (χ1n) is 6.75. The third-order valence-electron chi connectivity index (χ3n) is 4.47. The average Bonchev–Trinajstić information content (AvgIpc) is 2.66. The zero-order valence-corrected chi connectivity index (χ0v) is 11.2. The van der Waals surface area contributed by atoms with Gasteiger partial charge in [-0.1, -0.05) is 26.3 Å². The molecule has 1 fully saturated rings. The summed E-state index contributed by atoms with van der Waals surface area (Å²) >= 11 is 0. The fraction of sp³-hybridized carbons (Fsp3) is 0.600. The first-order valence-corrected chi connectivity index (χ1v) is 6.75. The van der Waals surface area contributed by atoms with Crippen LogP contribution in [0.15, 0.2) is 18.2 Å². The summed E-state index contributed by atoms with van der Waals surface area (Å²) in [6, 6.07) is 6.74. The maximum Gasteiger partial charge on any atom is 0.0392 e. The van der Waals surface area contributed by atoms with E-state index in [0.29, 0.717) is 6.04 Å². The molecule has 0 bridgehead atoms. The third kappa shape index (κ3) is 2.41. The van der Waals surface area contributed by atoms with E-state index in [2.05, 4.69) is 32.2 Å². The number of benzene rings is 1. The summed E-state index contributed by atoms with van der Waals surface area (Å²) in [6.45, 7) is 6.77. The van der Waals surface area contributed by atoms with Crippen LogP contribution >= 0.6 is 0 Å². The van der Waals surface area contributed by atoms with Crippen LogP contribution in [0, 0.1) is 18.8 Å². The van der Waals surface area contributed by atoms with E-state index in [1.165, 1.54) is 30.5 Å². The van der Waals surface area contributed by atoms with Crippen LogP contribution in [0.5, 0.6) is 0 Å². The predicted molar refractivity (Wildman–Crippen MR) is 75.2 cm³/mol. The molecule has 17 heavy (non-hydrogen) atoms. The molecule has 3 unspecified atom stereocenters. The fourth-order valence-electron chi connectivity index (χ4n) is 3.04. The molecule has 0 heterocycles. The van der Waals surface area contributed by atoms with E-state index in [9.17, 15) is 0 Å². The summed E-state index contributed by atoms with van der Waals surface area (Å²) in [4.78, 5) is 0. The zero-order chi connectivity index (χ0) is 12.4. The van der Waals surface area contributed by atoms with Crippen molar-refractivity contribution in [3.8, 4) is 0 Å². The van der Waals surface area contributed by atoms with Gasteiger partial charge in [-0.2, -0.15) is 0 Å². The number of hydrogen-bond donors (Lipinski definition) is 2. The van der Waals surface area contributed by atoms with Crippen LogP contribution in [0.3, 0.4) is 0 Å². The van der Waals surface area contributed by atoms with Crippen molar-refractivity contribution in [2.45, 2.75) is 46.1 Å². The molecule has 1 aliphatic carbocycles. The SMILES string of the molecule is CCC1CCC(Nc2cccc(N)c2C)C1C. The van der Waals surface area contributed by atoms with Crippen LogP contribution in [0.4, 0.5) is 11.4 Å². The molecule has 3 N–H and O–H groups in total. The molecule has 0 aromatic heterocycles. The molecule has 2 rings (SSSR count). The Labute approximate surface area is 105 Å². The summed E-state index contributed by atoms with van der Waals surface area (Å²) in [6.07, 6.45) is 3.94. The molecule has 2 heteroatoms. The lowest BCUT2D eigenvalue weighted by Gasteiger charge is -2.23. The van der Waals surface area contributed by atoms with E-state index in [1.807, 2.05) is 12.1 Å². The minimum Gasteiger partial charge on any atom is -0.398 e. The number of anilines is 2. The molecular weight excluding hydrogens is 208 g/mol. The van der Waals surface area contributed by atoms with Gasteiger partial charge in [-0.25, -0.2) is 0 Å². The third-order valence-corrected chi connectivity index (χ3v) is 4.47. The maximum absolute atomic E-state index is 5.94. The highest BCUT2D eigenvalue weighted by molar-refractivity contribution is 5.63. The van der Waals surface area contributed by atoms with E-state index in [1.54, 1.807) is 0 Å². The Balaban J connectivity index is 2.09. The van der Waals surface area contributed by atoms with Crippen molar-refractivity contribution in [2.24, 2.45) is 11.8 Å². The second-order valence-corrected chi connectivity index (χ2v) is 5.38. The highest BCUT2D eigenvalue weighted by Crippen LogP contribution is 2.36. The molecular formula is C15H24N2. The molecule has 0 radical (unpaired) electrons. The molecule has 1 aliphatic rings. The van der Waals surface area contributed by atoms with Crippen LogP contribution in [0.1, 0.15) is 38.7 Å². The van der Waals surface area contributed by atoms with Crippen molar-refractivity contribution in [1.29, 1.82) is 0 Å². The van der Waals surface area contributed by atoms with E-state index < -0.39 is 0 Å². The number of nitrogens with two attached hydrogens (primary N) is 1. The Morgan fingerprint density at radius 3 is 2.76 bits per heavy atom. The molecule has 1 aromatic rings. The lowest BCUT2D eigenvalue weighted by molar-refractivity contribution is 0.392. The van der Waals surface area contributed by atoms with Crippen LogP contribution < -0.4 is 11.1 Å². The molecule has 1 saturated carbocycles. The fourth-order valence-corrected chi connectivity index (χ4v) is 3.04. The maximum atomic E-state index is 5.94. The second-order valence-electron chi connectivity index (χ2n) is 5.38. The summed E-state index contributed by atoms with van der Waals surface area (Å²) in [5, 5.41) is 3.68.